The van der Waals surface area contributed by atoms with Gasteiger partial charge in [0, 0.05) is 16.6 Å². The molecule has 8 nitrogen and oxygen atoms in total. The third-order valence-corrected chi connectivity index (χ3v) is 9.86. The van der Waals surface area contributed by atoms with E-state index in [1.807, 2.05) is 6.92 Å². The van der Waals surface area contributed by atoms with Gasteiger partial charge in [0.05, 0.1) is 27.9 Å². The van der Waals surface area contributed by atoms with Crippen molar-refractivity contribution in [1.29, 1.82) is 5.26 Å². The van der Waals surface area contributed by atoms with Crippen molar-refractivity contribution in [2.75, 3.05) is 19.3 Å². The number of thiophene rings is 1. The van der Waals surface area contributed by atoms with Gasteiger partial charge < -0.3 is 16.2 Å². The molecule has 3 atom stereocenters. The van der Waals surface area contributed by atoms with Gasteiger partial charge >= 0.3 is 6.01 Å². The lowest BCUT2D eigenvalue weighted by Gasteiger charge is -2.40. The molecule has 0 radical (unpaired) electrons. The van der Waals surface area contributed by atoms with Gasteiger partial charge in [0.25, 0.3) is 0 Å². The number of ketones is 1. The Balaban J connectivity index is 1.48. The fourth-order valence-corrected chi connectivity index (χ4v) is 7.57. The minimum Gasteiger partial charge on any atom is -0.458 e. The van der Waals surface area contributed by atoms with E-state index in [0.717, 1.165) is 49.1 Å². The molecule has 2 aromatic rings. The van der Waals surface area contributed by atoms with E-state index >= 15 is 0 Å². The van der Waals surface area contributed by atoms with Crippen LogP contribution in [0.5, 0.6) is 6.01 Å². The first kappa shape index (κ1) is 24.7. The molecule has 1 saturated carbocycles. The van der Waals surface area contributed by atoms with Gasteiger partial charge in [-0.25, -0.2) is 4.98 Å². The SMILES string of the molecule is C[C@H](Oc1nccc(C(N)=C2CCC[C@@]3(CCCc4sc(N)c(C#N)c43)C2=O)n1)[C@@]1(C)CCCN1C. The Hall–Kier alpha value is -2.96. The highest BCUT2D eigenvalue weighted by molar-refractivity contribution is 7.16. The quantitative estimate of drug-likeness (QED) is 0.596. The number of nitrogen functional groups attached to an aromatic ring is 1. The molecule has 3 aliphatic rings. The zero-order chi connectivity index (χ0) is 25.7. The summed E-state index contributed by atoms with van der Waals surface area (Å²) < 4.78 is 6.19. The first-order chi connectivity index (χ1) is 17.2. The molecule has 2 aromatic heterocycles. The van der Waals surface area contributed by atoms with Gasteiger partial charge in [0.1, 0.15) is 17.2 Å². The number of anilines is 1. The summed E-state index contributed by atoms with van der Waals surface area (Å²) in [5.41, 5.74) is 14.8. The number of aryl methyl sites for hydroxylation is 1. The summed E-state index contributed by atoms with van der Waals surface area (Å²) in [6.45, 7) is 5.29. The van der Waals surface area contributed by atoms with Crippen molar-refractivity contribution >= 4 is 27.8 Å². The second kappa shape index (κ2) is 9.16. The van der Waals surface area contributed by atoms with Crippen LogP contribution >= 0.6 is 11.3 Å². The van der Waals surface area contributed by atoms with Gasteiger partial charge in [0.15, 0.2) is 5.78 Å². The molecule has 36 heavy (non-hydrogen) atoms. The number of carbonyl (C=O) groups is 1. The van der Waals surface area contributed by atoms with E-state index in [1.165, 1.54) is 11.3 Å². The third-order valence-electron chi connectivity index (χ3n) is 8.79. The van der Waals surface area contributed by atoms with E-state index in [0.29, 0.717) is 46.8 Å². The van der Waals surface area contributed by atoms with Crippen molar-refractivity contribution < 1.29 is 9.53 Å². The van der Waals surface area contributed by atoms with Crippen LogP contribution in [0, 0.1) is 11.3 Å². The third kappa shape index (κ3) is 3.78. The first-order valence-corrected chi connectivity index (χ1v) is 13.6. The van der Waals surface area contributed by atoms with E-state index in [9.17, 15) is 10.1 Å². The fraction of sp³-hybridized carbons (Fsp3) is 0.556. The first-order valence-electron chi connectivity index (χ1n) is 12.8. The van der Waals surface area contributed by atoms with Crippen LogP contribution in [0.25, 0.3) is 5.70 Å². The number of aromatic nitrogens is 2. The Morgan fingerprint density at radius 2 is 2.03 bits per heavy atom. The number of carbonyl (C=O) groups excluding carboxylic acids is 1. The number of nitrogens with two attached hydrogens (primary N) is 2. The van der Waals surface area contributed by atoms with Crippen molar-refractivity contribution in [3.05, 3.63) is 39.5 Å². The van der Waals surface area contributed by atoms with E-state index in [-0.39, 0.29) is 23.4 Å². The molecule has 0 unspecified atom stereocenters. The molecule has 5 rings (SSSR count). The van der Waals surface area contributed by atoms with Crippen LogP contribution in [0.2, 0.25) is 0 Å². The van der Waals surface area contributed by atoms with Crippen molar-refractivity contribution in [2.24, 2.45) is 5.73 Å². The maximum absolute atomic E-state index is 14.1. The predicted octanol–water partition coefficient (Wildman–Crippen LogP) is 3.94. The molecule has 4 N–H and O–H groups in total. The second-order valence-electron chi connectivity index (χ2n) is 10.6. The zero-order valence-corrected chi connectivity index (χ0v) is 22.1. The average molecular weight is 507 g/mol. The molecular formula is C27H34N6O2S. The summed E-state index contributed by atoms with van der Waals surface area (Å²) in [6, 6.07) is 4.27. The van der Waals surface area contributed by atoms with Gasteiger partial charge in [-0.3, -0.25) is 9.69 Å². The number of likely N-dealkylation sites (N-methyl/N-ethyl adjacent to an activating group) is 1. The van der Waals surface area contributed by atoms with E-state index in [2.05, 4.69) is 34.9 Å². The molecule has 1 saturated heterocycles. The highest BCUT2D eigenvalue weighted by Crippen LogP contribution is 2.52. The number of hydrogen-bond acceptors (Lipinski definition) is 9. The van der Waals surface area contributed by atoms with E-state index in [1.54, 1.807) is 12.3 Å². The zero-order valence-electron chi connectivity index (χ0n) is 21.3. The molecule has 0 aromatic carbocycles. The fourth-order valence-electron chi connectivity index (χ4n) is 6.40. The van der Waals surface area contributed by atoms with Gasteiger partial charge in [-0.2, -0.15) is 10.2 Å². The molecule has 2 fully saturated rings. The molecule has 1 aliphatic heterocycles. The maximum atomic E-state index is 14.1. The largest absolute Gasteiger partial charge is 0.458 e. The van der Waals surface area contributed by atoms with E-state index < -0.39 is 5.41 Å². The summed E-state index contributed by atoms with van der Waals surface area (Å²) in [6.07, 6.45) is 8.28. The smallest absolute Gasteiger partial charge is 0.317 e. The van der Waals surface area contributed by atoms with Crippen molar-refractivity contribution in [1.82, 2.24) is 14.9 Å². The summed E-state index contributed by atoms with van der Waals surface area (Å²) in [5, 5.41) is 10.3. The van der Waals surface area contributed by atoms with Gasteiger partial charge in [0.2, 0.25) is 0 Å². The van der Waals surface area contributed by atoms with Crippen LogP contribution in [0.4, 0.5) is 5.00 Å². The molecule has 1 spiro atoms. The molecule has 0 amide bonds. The lowest BCUT2D eigenvalue weighted by molar-refractivity contribution is -0.122. The standard InChI is InChI=1S/C27H34N6O2S/c1-16(26(2)10-6-14-33(26)3)35-25-31-13-9-19(32-25)22(29)17-7-4-11-27(23(17)34)12-5-8-20-21(27)18(15-28)24(30)36-20/h9,13,16H,4-8,10-12,14,29-30H2,1-3H3/t16-,26+,27-/m0/s1. The number of ether oxygens (including phenoxy) is 1. The monoisotopic (exact) mass is 506 g/mol. The number of rotatable bonds is 4. The van der Waals surface area contributed by atoms with Crippen LogP contribution in [-0.2, 0) is 16.6 Å². The number of allylic oxidation sites excluding steroid dienone is 1. The number of fused-ring (bicyclic) bond motifs is 2. The Morgan fingerprint density at radius 1 is 1.28 bits per heavy atom. The molecule has 2 aliphatic carbocycles. The van der Waals surface area contributed by atoms with Crippen LogP contribution in [0.3, 0.4) is 0 Å². The Morgan fingerprint density at radius 3 is 2.72 bits per heavy atom. The van der Waals surface area contributed by atoms with Crippen LogP contribution in [0.15, 0.2) is 17.8 Å². The number of hydrogen-bond donors (Lipinski definition) is 2. The Labute approximate surface area is 216 Å². The predicted molar refractivity (Wildman–Crippen MR) is 140 cm³/mol. The highest BCUT2D eigenvalue weighted by Gasteiger charge is 2.49. The summed E-state index contributed by atoms with van der Waals surface area (Å²) in [7, 11) is 2.12. The minimum atomic E-state index is -0.729. The van der Waals surface area contributed by atoms with Crippen molar-refractivity contribution in [3.63, 3.8) is 0 Å². The van der Waals surface area contributed by atoms with Gasteiger partial charge in [-0.1, -0.05) is 0 Å². The molecule has 9 heteroatoms. The Kier molecular flexibility index (Phi) is 6.29. The van der Waals surface area contributed by atoms with Crippen molar-refractivity contribution in [3.8, 4) is 12.1 Å². The van der Waals surface area contributed by atoms with Gasteiger partial charge in [-0.15, -0.1) is 11.3 Å². The molecule has 3 heterocycles. The molecule has 0 bridgehead atoms. The van der Waals surface area contributed by atoms with Gasteiger partial charge in [-0.05, 0) is 90.4 Å². The van der Waals surface area contributed by atoms with Crippen LogP contribution < -0.4 is 16.2 Å². The summed E-state index contributed by atoms with van der Waals surface area (Å²) >= 11 is 1.45. The number of Topliss-reactive ketones (excluding diaryl/α,β-unsaturated/α-hetero) is 1. The average Bonchev–Trinajstić information content (AvgIpc) is 3.39. The van der Waals surface area contributed by atoms with Crippen LogP contribution in [0.1, 0.15) is 80.5 Å². The Bertz CT molecular complexity index is 1280. The topological polar surface area (TPSA) is 131 Å². The van der Waals surface area contributed by atoms with Crippen LogP contribution in [-0.4, -0.2) is 45.9 Å². The lowest BCUT2D eigenvalue weighted by atomic mass is 9.61. The van der Waals surface area contributed by atoms with E-state index in [4.69, 9.17) is 16.2 Å². The maximum Gasteiger partial charge on any atom is 0.317 e. The number of nitriles is 1. The highest BCUT2D eigenvalue weighted by atomic mass is 32.1. The second-order valence-corrected chi connectivity index (χ2v) is 11.8. The number of likely N-dealkylation sites (tertiary alicyclic amines) is 1. The minimum absolute atomic E-state index is 0.0102. The lowest BCUT2D eigenvalue weighted by Crippen LogP contribution is -2.50. The summed E-state index contributed by atoms with van der Waals surface area (Å²) in [4.78, 5) is 26.4. The molecular weight excluding hydrogens is 472 g/mol. The number of nitrogens with zero attached hydrogens (tertiary/aromatic N) is 4. The summed E-state index contributed by atoms with van der Waals surface area (Å²) in [5.74, 6) is 0.0102. The van der Waals surface area contributed by atoms with Crippen molar-refractivity contribution in [2.45, 2.75) is 82.3 Å². The normalized spacial score (nSPS) is 28.6. The molecule has 190 valence electrons.